The van der Waals surface area contributed by atoms with Gasteiger partial charge >= 0.3 is 0 Å². The van der Waals surface area contributed by atoms with Crippen molar-refractivity contribution < 1.29 is 17.2 Å². The monoisotopic (exact) mass is 266 g/mol. The first kappa shape index (κ1) is 12.6. The van der Waals surface area contributed by atoms with E-state index in [0.29, 0.717) is 11.3 Å². The Bertz CT molecular complexity index is 625. The van der Waals surface area contributed by atoms with Crippen LogP contribution < -0.4 is 0 Å². The summed E-state index contributed by atoms with van der Waals surface area (Å²) in [6.07, 6.45) is 2.85. The molecular formula is C13H11FO3S. The first-order chi connectivity index (χ1) is 8.55. The molecule has 94 valence electrons. The SMILES string of the molecule is O=S(=O)(C=Cc1ccco1)Cc1ccc(F)cc1. The maximum atomic E-state index is 12.7. The normalized spacial score (nSPS) is 12.1. The molecule has 0 aliphatic heterocycles. The Morgan fingerprint density at radius 2 is 1.89 bits per heavy atom. The molecule has 2 rings (SSSR count). The number of benzene rings is 1. The fourth-order valence-corrected chi connectivity index (χ4v) is 2.51. The predicted octanol–water partition coefficient (Wildman–Crippen LogP) is 3.00. The van der Waals surface area contributed by atoms with Crippen LogP contribution in [0.25, 0.3) is 6.08 Å². The van der Waals surface area contributed by atoms with Crippen LogP contribution in [-0.4, -0.2) is 8.42 Å². The summed E-state index contributed by atoms with van der Waals surface area (Å²) in [7, 11) is -3.39. The molecule has 0 amide bonds. The van der Waals surface area contributed by atoms with Crippen LogP contribution in [0, 0.1) is 5.82 Å². The van der Waals surface area contributed by atoms with Crippen LogP contribution >= 0.6 is 0 Å². The minimum atomic E-state index is -3.39. The number of hydrogen-bond acceptors (Lipinski definition) is 3. The lowest BCUT2D eigenvalue weighted by molar-refractivity contribution is 0.557. The van der Waals surface area contributed by atoms with Crippen LogP contribution in [0.5, 0.6) is 0 Å². The van der Waals surface area contributed by atoms with Gasteiger partial charge in [0.25, 0.3) is 0 Å². The lowest BCUT2D eigenvalue weighted by atomic mass is 10.2. The van der Waals surface area contributed by atoms with Gasteiger partial charge < -0.3 is 4.42 Å². The molecule has 0 aliphatic rings. The van der Waals surface area contributed by atoms with E-state index in [2.05, 4.69) is 0 Å². The van der Waals surface area contributed by atoms with Crippen LogP contribution in [0.15, 0.2) is 52.5 Å². The second-order valence-electron chi connectivity index (χ2n) is 3.75. The summed E-state index contributed by atoms with van der Waals surface area (Å²) in [4.78, 5) is 0. The zero-order valence-corrected chi connectivity index (χ0v) is 10.2. The molecule has 0 bridgehead atoms. The summed E-state index contributed by atoms with van der Waals surface area (Å²) in [5.74, 6) is -0.0789. The molecule has 2 aromatic rings. The smallest absolute Gasteiger partial charge is 0.175 e. The maximum absolute atomic E-state index is 12.7. The molecular weight excluding hydrogens is 255 g/mol. The molecule has 0 N–H and O–H groups in total. The van der Waals surface area contributed by atoms with Crippen LogP contribution in [0.1, 0.15) is 11.3 Å². The Morgan fingerprint density at radius 1 is 1.17 bits per heavy atom. The van der Waals surface area contributed by atoms with E-state index < -0.39 is 9.84 Å². The molecule has 18 heavy (non-hydrogen) atoms. The average Bonchev–Trinajstić information content (AvgIpc) is 2.83. The standard InChI is InChI=1S/C13H11FO3S/c14-12-5-3-11(4-6-12)10-18(15,16)9-7-13-2-1-8-17-13/h1-9H,10H2. The molecule has 0 radical (unpaired) electrons. The van der Waals surface area contributed by atoms with E-state index in [-0.39, 0.29) is 11.6 Å². The minimum Gasteiger partial charge on any atom is -0.465 e. The highest BCUT2D eigenvalue weighted by Crippen LogP contribution is 2.11. The second-order valence-corrected chi connectivity index (χ2v) is 5.64. The number of halogens is 1. The third-order valence-electron chi connectivity index (χ3n) is 2.26. The van der Waals surface area contributed by atoms with Crippen molar-refractivity contribution >= 4 is 15.9 Å². The van der Waals surface area contributed by atoms with Crippen molar-refractivity contribution in [1.82, 2.24) is 0 Å². The molecule has 1 aromatic heterocycles. The highest BCUT2D eigenvalue weighted by atomic mass is 32.2. The van der Waals surface area contributed by atoms with E-state index in [1.165, 1.54) is 36.6 Å². The molecule has 0 unspecified atom stereocenters. The van der Waals surface area contributed by atoms with E-state index in [1.807, 2.05) is 0 Å². The summed E-state index contributed by atoms with van der Waals surface area (Å²) < 4.78 is 41.2. The third kappa shape index (κ3) is 3.56. The average molecular weight is 266 g/mol. The molecule has 0 saturated carbocycles. The molecule has 0 aliphatic carbocycles. The third-order valence-corrected chi connectivity index (χ3v) is 3.55. The summed E-state index contributed by atoms with van der Waals surface area (Å²) in [6.45, 7) is 0. The van der Waals surface area contributed by atoms with E-state index >= 15 is 0 Å². The van der Waals surface area contributed by atoms with Crippen molar-refractivity contribution in [2.45, 2.75) is 5.75 Å². The summed E-state index contributed by atoms with van der Waals surface area (Å²) in [5, 5.41) is 1.09. The molecule has 0 fully saturated rings. The predicted molar refractivity (Wildman–Crippen MR) is 66.8 cm³/mol. The van der Waals surface area contributed by atoms with Crippen molar-refractivity contribution in [3.63, 3.8) is 0 Å². The van der Waals surface area contributed by atoms with Gasteiger partial charge in [0, 0.05) is 5.41 Å². The van der Waals surface area contributed by atoms with Crippen molar-refractivity contribution in [1.29, 1.82) is 0 Å². The first-order valence-corrected chi connectivity index (χ1v) is 6.95. The van der Waals surface area contributed by atoms with Gasteiger partial charge in [-0.05, 0) is 35.9 Å². The number of hydrogen-bond donors (Lipinski definition) is 0. The van der Waals surface area contributed by atoms with Gasteiger partial charge in [0.2, 0.25) is 0 Å². The number of sulfone groups is 1. The molecule has 0 saturated heterocycles. The first-order valence-electron chi connectivity index (χ1n) is 5.24. The summed E-state index contributed by atoms with van der Waals surface area (Å²) in [5.41, 5.74) is 0.542. The zero-order chi connectivity index (χ0) is 13.0. The Balaban J connectivity index is 2.10. The van der Waals surface area contributed by atoms with Gasteiger partial charge in [0.15, 0.2) is 9.84 Å². The highest BCUT2D eigenvalue weighted by molar-refractivity contribution is 7.93. The number of rotatable bonds is 4. The summed E-state index contributed by atoms with van der Waals surface area (Å²) in [6, 6.07) is 8.71. The number of furan rings is 1. The second kappa shape index (κ2) is 5.18. The van der Waals surface area contributed by atoms with E-state index in [9.17, 15) is 12.8 Å². The quantitative estimate of drug-likeness (QED) is 0.854. The molecule has 0 spiro atoms. The Morgan fingerprint density at radius 3 is 2.50 bits per heavy atom. The van der Waals surface area contributed by atoms with Crippen molar-refractivity contribution in [3.8, 4) is 0 Å². The van der Waals surface area contributed by atoms with Crippen molar-refractivity contribution in [3.05, 3.63) is 65.2 Å². The van der Waals surface area contributed by atoms with Crippen LogP contribution in [0.3, 0.4) is 0 Å². The molecule has 3 nitrogen and oxygen atoms in total. The Labute approximate surface area is 104 Å². The van der Waals surface area contributed by atoms with Crippen LogP contribution in [0.2, 0.25) is 0 Å². The fourth-order valence-electron chi connectivity index (χ4n) is 1.42. The van der Waals surface area contributed by atoms with Gasteiger partial charge in [0.05, 0.1) is 12.0 Å². The van der Waals surface area contributed by atoms with Gasteiger partial charge in [0.1, 0.15) is 11.6 Å². The van der Waals surface area contributed by atoms with E-state index in [0.717, 1.165) is 5.41 Å². The van der Waals surface area contributed by atoms with Gasteiger partial charge in [-0.3, -0.25) is 0 Å². The van der Waals surface area contributed by atoms with E-state index in [1.54, 1.807) is 12.1 Å². The Hall–Kier alpha value is -1.88. The molecule has 0 atom stereocenters. The largest absolute Gasteiger partial charge is 0.465 e. The maximum Gasteiger partial charge on any atom is 0.175 e. The van der Waals surface area contributed by atoms with Crippen molar-refractivity contribution in [2.75, 3.05) is 0 Å². The zero-order valence-electron chi connectivity index (χ0n) is 9.41. The molecule has 1 heterocycles. The van der Waals surface area contributed by atoms with Gasteiger partial charge in [-0.15, -0.1) is 0 Å². The van der Waals surface area contributed by atoms with Crippen molar-refractivity contribution in [2.24, 2.45) is 0 Å². The summed E-state index contributed by atoms with van der Waals surface area (Å²) >= 11 is 0. The van der Waals surface area contributed by atoms with Crippen LogP contribution in [-0.2, 0) is 15.6 Å². The van der Waals surface area contributed by atoms with Gasteiger partial charge in [-0.2, -0.15) is 0 Å². The lowest BCUT2D eigenvalue weighted by Gasteiger charge is -1.99. The Kier molecular flexibility index (Phi) is 3.62. The fraction of sp³-hybridized carbons (Fsp3) is 0.0769. The van der Waals surface area contributed by atoms with Gasteiger partial charge in [-0.1, -0.05) is 12.1 Å². The molecule has 1 aromatic carbocycles. The lowest BCUT2D eigenvalue weighted by Crippen LogP contribution is -1.99. The highest BCUT2D eigenvalue weighted by Gasteiger charge is 2.08. The van der Waals surface area contributed by atoms with E-state index in [4.69, 9.17) is 4.42 Å². The van der Waals surface area contributed by atoms with Gasteiger partial charge in [-0.25, -0.2) is 12.8 Å². The topological polar surface area (TPSA) is 47.3 Å². The van der Waals surface area contributed by atoms with Crippen LogP contribution in [0.4, 0.5) is 4.39 Å². The molecule has 5 heteroatoms. The minimum absolute atomic E-state index is 0.162.